The van der Waals surface area contributed by atoms with Gasteiger partial charge in [0.25, 0.3) is 5.91 Å². The molecule has 1 aromatic heterocycles. The third-order valence-electron chi connectivity index (χ3n) is 1.67. The van der Waals surface area contributed by atoms with Gasteiger partial charge in [0.2, 0.25) is 0 Å². The lowest BCUT2D eigenvalue weighted by Gasteiger charge is -2.05. The second-order valence-electron chi connectivity index (χ2n) is 2.78. The largest absolute Gasteiger partial charge is 0.396 e. The Morgan fingerprint density at radius 2 is 2.15 bits per heavy atom. The lowest BCUT2D eigenvalue weighted by Crippen LogP contribution is -2.13. The molecule has 0 aliphatic heterocycles. The fraction of sp³-hybridized carbons (Fsp3) is 0.375. The molecule has 0 saturated heterocycles. The summed E-state index contributed by atoms with van der Waals surface area (Å²) in [4.78, 5) is 18.4. The van der Waals surface area contributed by atoms with Crippen molar-refractivity contribution in [3.63, 3.8) is 0 Å². The number of aliphatic hydroxyl groups is 1. The third-order valence-corrected chi connectivity index (χ3v) is 1.67. The number of aliphatic hydroxyl groups excluding tert-OH is 1. The van der Waals surface area contributed by atoms with Gasteiger partial charge >= 0.3 is 0 Å². The van der Waals surface area contributed by atoms with Crippen molar-refractivity contribution in [1.82, 2.24) is 9.97 Å². The summed E-state index contributed by atoms with van der Waals surface area (Å²) in [5.74, 6) is -0.169. The van der Waals surface area contributed by atoms with Crippen LogP contribution >= 0.6 is 0 Å². The van der Waals surface area contributed by atoms with Crippen molar-refractivity contribution >= 4 is 5.91 Å². The average Bonchev–Trinajstić information content (AvgIpc) is 2.17. The van der Waals surface area contributed by atoms with Crippen LogP contribution in [0.15, 0.2) is 12.4 Å². The van der Waals surface area contributed by atoms with Crippen molar-refractivity contribution in [2.45, 2.75) is 12.8 Å². The van der Waals surface area contributed by atoms with E-state index in [2.05, 4.69) is 9.97 Å². The molecule has 1 amide bonds. The highest BCUT2D eigenvalue weighted by atomic mass is 16.3. The van der Waals surface area contributed by atoms with E-state index >= 15 is 0 Å². The summed E-state index contributed by atoms with van der Waals surface area (Å²) in [6.07, 6.45) is 2.72. The van der Waals surface area contributed by atoms with Gasteiger partial charge in [0.1, 0.15) is 5.82 Å². The van der Waals surface area contributed by atoms with Gasteiger partial charge in [-0.15, -0.1) is 0 Å². The fourth-order valence-electron chi connectivity index (χ4n) is 0.801. The molecule has 0 aliphatic carbocycles. The van der Waals surface area contributed by atoms with Gasteiger partial charge in [-0.2, -0.15) is 0 Å². The minimum Gasteiger partial charge on any atom is -0.396 e. The number of hydrogen-bond acceptors (Lipinski definition) is 4. The van der Waals surface area contributed by atoms with E-state index in [1.54, 1.807) is 6.92 Å². The van der Waals surface area contributed by atoms with E-state index in [0.717, 1.165) is 0 Å². The predicted molar refractivity (Wildman–Crippen MR) is 46.1 cm³/mol. The molecule has 0 spiro atoms. The zero-order valence-electron chi connectivity index (χ0n) is 7.27. The maximum atomic E-state index is 10.6. The molecule has 0 radical (unpaired) electrons. The summed E-state index contributed by atoms with van der Waals surface area (Å²) in [6.45, 7) is 1.77. The molecule has 1 aromatic rings. The first-order valence-electron chi connectivity index (χ1n) is 3.87. The van der Waals surface area contributed by atoms with E-state index in [9.17, 15) is 4.79 Å². The van der Waals surface area contributed by atoms with E-state index in [0.29, 0.717) is 5.82 Å². The number of carbonyl (C=O) groups excluding carboxylic acids is 1. The summed E-state index contributed by atoms with van der Waals surface area (Å²) < 4.78 is 0. The minimum absolute atomic E-state index is 0.0179. The van der Waals surface area contributed by atoms with Gasteiger partial charge in [0.15, 0.2) is 0 Å². The number of nitrogens with two attached hydrogens (primary N) is 1. The van der Waals surface area contributed by atoms with Crippen LogP contribution in [0.5, 0.6) is 0 Å². The Bertz CT molecular complexity index is 297. The van der Waals surface area contributed by atoms with Crippen LogP contribution in [-0.2, 0) is 0 Å². The van der Waals surface area contributed by atoms with Gasteiger partial charge in [-0.1, -0.05) is 6.92 Å². The molecule has 70 valence electrons. The van der Waals surface area contributed by atoms with Gasteiger partial charge in [0, 0.05) is 18.3 Å². The molecule has 1 unspecified atom stereocenters. The highest BCUT2D eigenvalue weighted by molar-refractivity contribution is 5.92. The maximum Gasteiger partial charge on any atom is 0.251 e. The Hall–Kier alpha value is -1.49. The van der Waals surface area contributed by atoms with Gasteiger partial charge in [-0.3, -0.25) is 4.79 Å². The van der Waals surface area contributed by atoms with Crippen LogP contribution in [0.3, 0.4) is 0 Å². The van der Waals surface area contributed by atoms with Crippen molar-refractivity contribution in [3.8, 4) is 0 Å². The summed E-state index contributed by atoms with van der Waals surface area (Å²) in [7, 11) is 0. The summed E-state index contributed by atoms with van der Waals surface area (Å²) >= 11 is 0. The molecule has 1 atom stereocenters. The molecule has 0 fully saturated rings. The number of rotatable bonds is 3. The molecule has 0 aromatic carbocycles. The molecular formula is C8H11N3O2. The van der Waals surface area contributed by atoms with Gasteiger partial charge < -0.3 is 10.8 Å². The van der Waals surface area contributed by atoms with Gasteiger partial charge in [-0.05, 0) is 0 Å². The van der Waals surface area contributed by atoms with Crippen molar-refractivity contribution in [2.24, 2.45) is 5.73 Å². The number of hydrogen-bond donors (Lipinski definition) is 2. The normalized spacial score (nSPS) is 12.5. The Labute approximate surface area is 75.6 Å². The summed E-state index contributed by atoms with van der Waals surface area (Å²) in [5.41, 5.74) is 5.28. The lowest BCUT2D eigenvalue weighted by atomic mass is 10.2. The second-order valence-corrected chi connectivity index (χ2v) is 2.78. The van der Waals surface area contributed by atoms with E-state index in [1.165, 1.54) is 12.4 Å². The van der Waals surface area contributed by atoms with E-state index in [-0.39, 0.29) is 18.1 Å². The van der Waals surface area contributed by atoms with Crippen molar-refractivity contribution < 1.29 is 9.90 Å². The zero-order chi connectivity index (χ0) is 9.84. The molecule has 0 aliphatic rings. The van der Waals surface area contributed by atoms with Crippen LogP contribution in [0.25, 0.3) is 0 Å². The van der Waals surface area contributed by atoms with Crippen LogP contribution in [0, 0.1) is 0 Å². The number of aromatic nitrogens is 2. The second kappa shape index (κ2) is 3.95. The van der Waals surface area contributed by atoms with Crippen molar-refractivity contribution in [2.75, 3.05) is 6.61 Å². The zero-order valence-corrected chi connectivity index (χ0v) is 7.27. The smallest absolute Gasteiger partial charge is 0.251 e. The van der Waals surface area contributed by atoms with Crippen LogP contribution < -0.4 is 5.73 Å². The van der Waals surface area contributed by atoms with Gasteiger partial charge in [0.05, 0.1) is 12.2 Å². The van der Waals surface area contributed by atoms with E-state index < -0.39 is 5.91 Å². The Morgan fingerprint density at radius 1 is 1.62 bits per heavy atom. The first-order valence-corrected chi connectivity index (χ1v) is 3.87. The van der Waals surface area contributed by atoms with E-state index in [1.807, 2.05) is 0 Å². The third kappa shape index (κ3) is 2.22. The molecule has 0 saturated carbocycles. The molecule has 5 nitrogen and oxygen atoms in total. The molecule has 3 N–H and O–H groups in total. The average molecular weight is 181 g/mol. The molecule has 13 heavy (non-hydrogen) atoms. The topological polar surface area (TPSA) is 89.1 Å². The Balaban J connectivity index is 2.87. The lowest BCUT2D eigenvalue weighted by molar-refractivity contribution is 0.0999. The van der Waals surface area contributed by atoms with Crippen LogP contribution in [-0.4, -0.2) is 27.6 Å². The Kier molecular flexibility index (Phi) is 2.92. The molecule has 5 heteroatoms. The molecule has 0 bridgehead atoms. The van der Waals surface area contributed by atoms with Crippen molar-refractivity contribution in [1.29, 1.82) is 0 Å². The van der Waals surface area contributed by atoms with E-state index in [4.69, 9.17) is 10.8 Å². The predicted octanol–water partition coefficient (Wildman–Crippen LogP) is -0.329. The van der Waals surface area contributed by atoms with Crippen LogP contribution in [0.2, 0.25) is 0 Å². The quantitative estimate of drug-likeness (QED) is 0.668. The number of carbonyl (C=O) groups is 1. The number of primary amides is 1. The molecule has 1 rings (SSSR count). The number of nitrogens with zero attached hydrogens (tertiary/aromatic N) is 2. The van der Waals surface area contributed by atoms with Crippen LogP contribution in [0.1, 0.15) is 29.0 Å². The minimum atomic E-state index is -0.553. The van der Waals surface area contributed by atoms with Gasteiger partial charge in [-0.25, -0.2) is 9.97 Å². The highest BCUT2D eigenvalue weighted by Crippen LogP contribution is 2.07. The highest BCUT2D eigenvalue weighted by Gasteiger charge is 2.08. The molecule has 1 heterocycles. The number of amides is 1. The van der Waals surface area contributed by atoms with Crippen molar-refractivity contribution in [3.05, 3.63) is 23.8 Å². The SMILES string of the molecule is CC(CO)c1ncc(C(N)=O)cn1. The fourth-order valence-corrected chi connectivity index (χ4v) is 0.801. The standard InChI is InChI=1S/C8H11N3O2/c1-5(4-12)8-10-2-6(3-11-8)7(9)13/h2-3,5,12H,4H2,1H3,(H2,9,13). The first kappa shape index (κ1) is 9.60. The monoisotopic (exact) mass is 181 g/mol. The van der Waals surface area contributed by atoms with Crippen LogP contribution in [0.4, 0.5) is 0 Å². The Morgan fingerprint density at radius 3 is 2.54 bits per heavy atom. The maximum absolute atomic E-state index is 10.6. The summed E-state index contributed by atoms with van der Waals surface area (Å²) in [6, 6.07) is 0. The first-order chi connectivity index (χ1) is 6.15. The molecular weight excluding hydrogens is 170 g/mol. The summed E-state index contributed by atoms with van der Waals surface area (Å²) in [5, 5.41) is 8.80.